The highest BCUT2D eigenvalue weighted by Crippen LogP contribution is 2.26. The molecule has 0 heterocycles. The van der Waals surface area contributed by atoms with E-state index < -0.39 is 4.92 Å². The number of nitrogens with zero attached hydrogens (tertiary/aromatic N) is 1. The van der Waals surface area contributed by atoms with Crippen molar-refractivity contribution in [3.8, 4) is 0 Å². The van der Waals surface area contributed by atoms with Crippen LogP contribution in [0.4, 0.5) is 11.4 Å². The van der Waals surface area contributed by atoms with Gasteiger partial charge in [0.25, 0.3) is 5.69 Å². The van der Waals surface area contributed by atoms with Crippen LogP contribution in [0.25, 0.3) is 0 Å². The van der Waals surface area contributed by atoms with Crippen LogP contribution in [0.2, 0.25) is 5.02 Å². The molecule has 0 fully saturated rings. The number of hydrogen-bond acceptors (Lipinski definition) is 4. The van der Waals surface area contributed by atoms with Crippen LogP contribution in [0.5, 0.6) is 0 Å². The second-order valence-electron chi connectivity index (χ2n) is 3.81. The van der Waals surface area contributed by atoms with Gasteiger partial charge in [0.2, 0.25) is 0 Å². The normalized spacial score (nSPS) is 11.7. The van der Waals surface area contributed by atoms with Crippen molar-refractivity contribution >= 4 is 40.3 Å². The van der Waals surface area contributed by atoms with Crippen LogP contribution < -0.4 is 10.6 Å². The SMILES string of the molecule is CC[C@@H](CO)NC(=S)Nc1cc([N+](=O)[O-])ccc1Cl. The van der Waals surface area contributed by atoms with Gasteiger partial charge in [-0.25, -0.2) is 0 Å². The summed E-state index contributed by atoms with van der Waals surface area (Å²) < 4.78 is 0. The molecule has 0 spiro atoms. The first-order chi connectivity index (χ1) is 8.97. The summed E-state index contributed by atoms with van der Waals surface area (Å²) in [5.41, 5.74) is 0.269. The maximum atomic E-state index is 10.7. The van der Waals surface area contributed by atoms with Crippen LogP contribution in [0.3, 0.4) is 0 Å². The van der Waals surface area contributed by atoms with E-state index in [0.29, 0.717) is 17.1 Å². The lowest BCUT2D eigenvalue weighted by molar-refractivity contribution is -0.384. The number of rotatable bonds is 5. The van der Waals surface area contributed by atoms with Gasteiger partial charge in [-0.2, -0.15) is 0 Å². The van der Waals surface area contributed by atoms with Crippen LogP contribution >= 0.6 is 23.8 Å². The van der Waals surface area contributed by atoms with Gasteiger partial charge in [-0.05, 0) is 24.7 Å². The molecule has 19 heavy (non-hydrogen) atoms. The Morgan fingerprint density at radius 2 is 2.32 bits per heavy atom. The summed E-state index contributed by atoms with van der Waals surface area (Å²) in [6.45, 7) is 1.85. The Morgan fingerprint density at radius 3 is 2.84 bits per heavy atom. The minimum absolute atomic E-state index is 0.0546. The van der Waals surface area contributed by atoms with Crippen molar-refractivity contribution in [2.75, 3.05) is 11.9 Å². The van der Waals surface area contributed by atoms with Crippen LogP contribution in [0, 0.1) is 10.1 Å². The lowest BCUT2D eigenvalue weighted by atomic mass is 10.2. The summed E-state index contributed by atoms with van der Waals surface area (Å²) in [5, 5.41) is 26.0. The van der Waals surface area contributed by atoms with Gasteiger partial charge in [-0.1, -0.05) is 18.5 Å². The number of thiocarbonyl (C=S) groups is 1. The zero-order valence-electron chi connectivity index (χ0n) is 10.2. The van der Waals surface area contributed by atoms with Crippen molar-refractivity contribution in [1.29, 1.82) is 0 Å². The van der Waals surface area contributed by atoms with Gasteiger partial charge in [0, 0.05) is 12.1 Å². The monoisotopic (exact) mass is 303 g/mol. The highest BCUT2D eigenvalue weighted by molar-refractivity contribution is 7.80. The summed E-state index contributed by atoms with van der Waals surface area (Å²) >= 11 is 11.0. The number of hydrogen-bond donors (Lipinski definition) is 3. The molecule has 3 N–H and O–H groups in total. The first-order valence-electron chi connectivity index (χ1n) is 5.60. The maximum absolute atomic E-state index is 10.7. The van der Waals surface area contributed by atoms with Gasteiger partial charge in [-0.15, -0.1) is 0 Å². The van der Waals surface area contributed by atoms with Crippen LogP contribution in [-0.2, 0) is 0 Å². The van der Waals surface area contributed by atoms with Gasteiger partial charge in [-0.3, -0.25) is 10.1 Å². The third-order valence-corrected chi connectivity index (χ3v) is 3.01. The molecule has 6 nitrogen and oxygen atoms in total. The van der Waals surface area contributed by atoms with Crippen molar-refractivity contribution in [3.63, 3.8) is 0 Å². The molecule has 0 unspecified atom stereocenters. The maximum Gasteiger partial charge on any atom is 0.271 e. The quantitative estimate of drug-likeness (QED) is 0.439. The van der Waals surface area contributed by atoms with Crippen LogP contribution in [0.15, 0.2) is 18.2 Å². The van der Waals surface area contributed by atoms with Crippen molar-refractivity contribution in [1.82, 2.24) is 5.32 Å². The van der Waals surface area contributed by atoms with Gasteiger partial charge < -0.3 is 15.7 Å². The van der Waals surface area contributed by atoms with E-state index in [0.717, 1.165) is 0 Å². The molecule has 0 saturated carbocycles. The number of nitro benzene ring substituents is 1. The van der Waals surface area contributed by atoms with E-state index in [2.05, 4.69) is 10.6 Å². The Morgan fingerprint density at radius 1 is 1.63 bits per heavy atom. The third-order valence-electron chi connectivity index (χ3n) is 2.46. The smallest absolute Gasteiger partial charge is 0.271 e. The zero-order valence-corrected chi connectivity index (χ0v) is 11.8. The predicted octanol–water partition coefficient (Wildman–Crippen LogP) is 2.31. The highest BCUT2D eigenvalue weighted by atomic mass is 35.5. The first-order valence-corrected chi connectivity index (χ1v) is 6.38. The van der Waals surface area contributed by atoms with E-state index in [1.807, 2.05) is 6.92 Å². The van der Waals surface area contributed by atoms with Crippen LogP contribution in [0.1, 0.15) is 13.3 Å². The Kier molecular flexibility index (Phi) is 5.94. The van der Waals surface area contributed by atoms with Gasteiger partial charge in [0.05, 0.1) is 28.3 Å². The summed E-state index contributed by atoms with van der Waals surface area (Å²) in [6.07, 6.45) is 0.695. The molecular weight excluding hydrogens is 290 g/mol. The molecule has 0 bridgehead atoms. The first kappa shape index (κ1) is 15.6. The van der Waals surface area contributed by atoms with E-state index in [9.17, 15) is 10.1 Å². The molecule has 1 atom stereocenters. The molecule has 104 valence electrons. The van der Waals surface area contributed by atoms with Gasteiger partial charge >= 0.3 is 0 Å². The number of nitrogens with one attached hydrogen (secondary N) is 2. The van der Waals surface area contributed by atoms with E-state index in [-0.39, 0.29) is 23.4 Å². The molecule has 0 aliphatic carbocycles. The molecule has 0 radical (unpaired) electrons. The van der Waals surface area contributed by atoms with Crippen molar-refractivity contribution in [3.05, 3.63) is 33.3 Å². The van der Waals surface area contributed by atoms with Crippen molar-refractivity contribution in [2.24, 2.45) is 0 Å². The zero-order chi connectivity index (χ0) is 14.4. The molecule has 1 aromatic carbocycles. The Hall–Kier alpha value is -1.44. The number of halogens is 1. The summed E-state index contributed by atoms with van der Waals surface area (Å²) in [6, 6.07) is 3.87. The molecule has 0 aliphatic rings. The fraction of sp³-hybridized carbons (Fsp3) is 0.364. The number of benzene rings is 1. The fourth-order valence-electron chi connectivity index (χ4n) is 1.34. The second kappa shape index (κ2) is 7.22. The molecule has 0 aliphatic heterocycles. The topological polar surface area (TPSA) is 87.4 Å². The number of aliphatic hydroxyl groups is 1. The number of nitro groups is 1. The Bertz CT molecular complexity index is 480. The molecule has 1 rings (SSSR count). The van der Waals surface area contributed by atoms with Gasteiger partial charge in [0.15, 0.2) is 5.11 Å². The molecule has 0 saturated heterocycles. The Labute approximate surface area is 120 Å². The number of non-ortho nitro benzene ring substituents is 1. The highest BCUT2D eigenvalue weighted by Gasteiger charge is 2.12. The predicted molar refractivity (Wildman–Crippen MR) is 78.6 cm³/mol. The minimum atomic E-state index is -0.513. The number of anilines is 1. The van der Waals surface area contributed by atoms with E-state index in [1.54, 1.807) is 0 Å². The average Bonchev–Trinajstić information content (AvgIpc) is 2.38. The molecular formula is C11H14ClN3O3S. The molecule has 0 aromatic heterocycles. The second-order valence-corrected chi connectivity index (χ2v) is 4.62. The Balaban J connectivity index is 2.78. The summed E-state index contributed by atoms with van der Waals surface area (Å²) in [5.74, 6) is 0. The third kappa shape index (κ3) is 4.62. The fourth-order valence-corrected chi connectivity index (χ4v) is 1.78. The molecule has 8 heteroatoms. The standard InChI is InChI=1S/C11H14ClN3O3S/c1-2-7(6-16)13-11(19)14-10-5-8(15(17)18)3-4-9(10)12/h3-5,7,16H,2,6H2,1H3,(H2,13,14,19)/t7-/m0/s1. The minimum Gasteiger partial charge on any atom is -0.394 e. The van der Waals surface area contributed by atoms with Crippen molar-refractivity contribution in [2.45, 2.75) is 19.4 Å². The van der Waals surface area contributed by atoms with Crippen LogP contribution in [-0.4, -0.2) is 27.8 Å². The average molecular weight is 304 g/mol. The van der Waals surface area contributed by atoms with E-state index >= 15 is 0 Å². The summed E-state index contributed by atoms with van der Waals surface area (Å²) in [4.78, 5) is 10.2. The van der Waals surface area contributed by atoms with E-state index in [1.165, 1.54) is 18.2 Å². The van der Waals surface area contributed by atoms with Crippen molar-refractivity contribution < 1.29 is 10.0 Å². The van der Waals surface area contributed by atoms with Gasteiger partial charge in [0.1, 0.15) is 0 Å². The number of aliphatic hydroxyl groups excluding tert-OH is 1. The summed E-state index contributed by atoms with van der Waals surface area (Å²) in [7, 11) is 0. The largest absolute Gasteiger partial charge is 0.394 e. The lowest BCUT2D eigenvalue weighted by Crippen LogP contribution is -2.39. The molecule has 1 aromatic rings. The lowest BCUT2D eigenvalue weighted by Gasteiger charge is -2.17. The van der Waals surface area contributed by atoms with E-state index in [4.69, 9.17) is 28.9 Å². The molecule has 0 amide bonds.